The molecule has 1 heterocycles. The minimum absolute atomic E-state index is 0.0444. The lowest BCUT2D eigenvalue weighted by Crippen LogP contribution is -2.39. The summed E-state index contributed by atoms with van der Waals surface area (Å²) in [6, 6.07) is 2.47. The molecule has 1 saturated heterocycles. The standard InChI is InChI=1S/C13H26N2O3P/c1-11(2)15(12(3)4)19(16,9-5-7-14)18-13-6-8-17-10-13/h11-13,16H,5-6,8-10H2,1-4H3/q+1. The number of nitriles is 1. The van der Waals surface area contributed by atoms with Crippen molar-refractivity contribution in [2.75, 3.05) is 19.4 Å². The Morgan fingerprint density at radius 3 is 2.47 bits per heavy atom. The predicted molar refractivity (Wildman–Crippen MR) is 76.7 cm³/mol. The maximum atomic E-state index is 11.0. The van der Waals surface area contributed by atoms with Crippen LogP contribution in [0.4, 0.5) is 0 Å². The van der Waals surface area contributed by atoms with E-state index in [2.05, 4.69) is 6.07 Å². The van der Waals surface area contributed by atoms with Crippen molar-refractivity contribution in [2.24, 2.45) is 0 Å². The molecule has 0 aromatic rings. The van der Waals surface area contributed by atoms with E-state index >= 15 is 0 Å². The largest absolute Gasteiger partial charge is 0.378 e. The molecule has 0 bridgehead atoms. The van der Waals surface area contributed by atoms with Gasteiger partial charge in [0, 0.05) is 25.1 Å². The summed E-state index contributed by atoms with van der Waals surface area (Å²) in [6.07, 6.45) is 1.49. The third kappa shape index (κ3) is 4.66. The highest BCUT2D eigenvalue weighted by atomic mass is 31.2. The van der Waals surface area contributed by atoms with E-state index < -0.39 is 7.87 Å². The van der Waals surface area contributed by atoms with Gasteiger partial charge in [-0.3, -0.25) is 0 Å². The third-order valence-corrected chi connectivity index (χ3v) is 6.23. The van der Waals surface area contributed by atoms with Crippen molar-refractivity contribution >= 4 is 7.87 Å². The van der Waals surface area contributed by atoms with Crippen molar-refractivity contribution in [3.8, 4) is 6.07 Å². The van der Waals surface area contributed by atoms with E-state index in [9.17, 15) is 4.89 Å². The van der Waals surface area contributed by atoms with Gasteiger partial charge in [0.15, 0.2) is 0 Å². The number of ether oxygens (including phenoxy) is 1. The quantitative estimate of drug-likeness (QED) is 0.730. The Labute approximate surface area is 117 Å². The summed E-state index contributed by atoms with van der Waals surface area (Å²) >= 11 is 0. The summed E-state index contributed by atoms with van der Waals surface area (Å²) in [5.41, 5.74) is 0. The number of hydrogen-bond acceptors (Lipinski definition) is 5. The Morgan fingerprint density at radius 2 is 2.05 bits per heavy atom. The Hall–Kier alpha value is -0.240. The van der Waals surface area contributed by atoms with Crippen LogP contribution in [0.5, 0.6) is 0 Å². The van der Waals surface area contributed by atoms with Crippen LogP contribution in [0.2, 0.25) is 0 Å². The van der Waals surface area contributed by atoms with E-state index in [1.165, 1.54) is 0 Å². The zero-order valence-corrected chi connectivity index (χ0v) is 13.3. The lowest BCUT2D eigenvalue weighted by molar-refractivity contribution is 0.113. The second-order valence-corrected chi connectivity index (χ2v) is 7.90. The van der Waals surface area contributed by atoms with Gasteiger partial charge in [-0.15, -0.1) is 4.67 Å². The normalized spacial score (nSPS) is 23.0. The van der Waals surface area contributed by atoms with Gasteiger partial charge in [-0.05, 0) is 27.7 Å². The fraction of sp³-hybridized carbons (Fsp3) is 0.923. The molecule has 19 heavy (non-hydrogen) atoms. The first-order chi connectivity index (χ1) is 8.90. The minimum atomic E-state index is -2.73. The van der Waals surface area contributed by atoms with Gasteiger partial charge < -0.3 is 4.74 Å². The first-order valence-corrected chi connectivity index (χ1v) is 8.73. The van der Waals surface area contributed by atoms with E-state index in [-0.39, 0.29) is 18.2 Å². The molecule has 1 N–H and O–H groups in total. The predicted octanol–water partition coefficient (Wildman–Crippen LogP) is 2.58. The van der Waals surface area contributed by atoms with Crippen LogP contribution in [-0.4, -0.2) is 47.1 Å². The molecular formula is C13H26N2O3P+. The summed E-state index contributed by atoms with van der Waals surface area (Å²) in [7, 11) is -2.73. The van der Waals surface area contributed by atoms with Crippen LogP contribution in [0, 0.1) is 11.3 Å². The molecule has 1 fully saturated rings. The Bertz CT molecular complexity index is 306. The first-order valence-electron chi connectivity index (χ1n) is 6.93. The van der Waals surface area contributed by atoms with Crippen LogP contribution in [0.15, 0.2) is 0 Å². The van der Waals surface area contributed by atoms with Crippen LogP contribution >= 0.6 is 7.87 Å². The monoisotopic (exact) mass is 289 g/mol. The second-order valence-electron chi connectivity index (χ2n) is 5.45. The first kappa shape index (κ1) is 16.8. The van der Waals surface area contributed by atoms with Crippen LogP contribution in [-0.2, 0) is 9.26 Å². The highest BCUT2D eigenvalue weighted by molar-refractivity contribution is 7.63. The van der Waals surface area contributed by atoms with E-state index in [1.54, 1.807) is 0 Å². The van der Waals surface area contributed by atoms with Crippen molar-refractivity contribution in [3.63, 3.8) is 0 Å². The Kier molecular flexibility index (Phi) is 6.65. The molecular weight excluding hydrogens is 263 g/mol. The lowest BCUT2D eigenvalue weighted by Gasteiger charge is -2.35. The average molecular weight is 289 g/mol. The molecule has 2 unspecified atom stereocenters. The highest BCUT2D eigenvalue weighted by Crippen LogP contribution is 2.62. The van der Waals surface area contributed by atoms with E-state index in [1.807, 2.05) is 32.4 Å². The van der Waals surface area contributed by atoms with Crippen LogP contribution in [0.3, 0.4) is 0 Å². The summed E-state index contributed by atoms with van der Waals surface area (Å²) in [6.45, 7) is 9.42. The molecule has 0 radical (unpaired) electrons. The summed E-state index contributed by atoms with van der Waals surface area (Å²) < 4.78 is 13.3. The Balaban J connectivity index is 2.85. The van der Waals surface area contributed by atoms with Crippen molar-refractivity contribution in [1.82, 2.24) is 4.67 Å². The maximum Gasteiger partial charge on any atom is 0.347 e. The fourth-order valence-corrected chi connectivity index (χ4v) is 5.49. The van der Waals surface area contributed by atoms with Crippen molar-refractivity contribution in [3.05, 3.63) is 0 Å². The third-order valence-electron chi connectivity index (χ3n) is 3.14. The fourth-order valence-electron chi connectivity index (χ4n) is 2.57. The molecule has 5 nitrogen and oxygen atoms in total. The molecule has 110 valence electrons. The van der Waals surface area contributed by atoms with Gasteiger partial charge in [-0.1, -0.05) is 0 Å². The minimum Gasteiger partial charge on any atom is -0.378 e. The van der Waals surface area contributed by atoms with Crippen molar-refractivity contribution in [2.45, 2.75) is 58.7 Å². The van der Waals surface area contributed by atoms with Gasteiger partial charge in [-0.25, -0.2) is 4.89 Å². The van der Waals surface area contributed by atoms with Gasteiger partial charge in [-0.2, -0.15) is 9.79 Å². The molecule has 0 aliphatic carbocycles. The zero-order chi connectivity index (χ0) is 14.5. The van der Waals surface area contributed by atoms with Gasteiger partial charge >= 0.3 is 7.87 Å². The molecule has 0 aromatic carbocycles. The second kappa shape index (κ2) is 7.52. The molecule has 0 amide bonds. The number of rotatable bonds is 7. The molecule has 0 saturated carbocycles. The SMILES string of the molecule is CC(C)N(C(C)C)[P+](O)(CCC#N)OC1CCOC1. The van der Waals surface area contributed by atoms with Crippen LogP contribution in [0.25, 0.3) is 0 Å². The summed E-state index contributed by atoms with van der Waals surface area (Å²) in [5, 5.41) is 8.81. The van der Waals surface area contributed by atoms with E-state index in [4.69, 9.17) is 14.5 Å². The average Bonchev–Trinajstić information content (AvgIpc) is 2.77. The molecule has 1 rings (SSSR count). The van der Waals surface area contributed by atoms with Gasteiger partial charge in [0.1, 0.15) is 12.3 Å². The Morgan fingerprint density at radius 1 is 1.42 bits per heavy atom. The molecule has 6 heteroatoms. The topological polar surface area (TPSA) is 65.7 Å². The lowest BCUT2D eigenvalue weighted by atomic mass is 10.3. The molecule has 0 spiro atoms. The number of nitrogens with zero attached hydrogens (tertiary/aromatic N) is 2. The molecule has 1 aliphatic heterocycles. The van der Waals surface area contributed by atoms with Gasteiger partial charge in [0.2, 0.25) is 0 Å². The summed E-state index contributed by atoms with van der Waals surface area (Å²) in [5.74, 6) is 0. The zero-order valence-electron chi connectivity index (χ0n) is 12.4. The van der Waals surface area contributed by atoms with Gasteiger partial charge in [0.05, 0.1) is 19.1 Å². The van der Waals surface area contributed by atoms with Gasteiger partial charge in [0.25, 0.3) is 0 Å². The summed E-state index contributed by atoms with van der Waals surface area (Å²) in [4.78, 5) is 11.0. The van der Waals surface area contributed by atoms with Crippen LogP contribution in [0.1, 0.15) is 40.5 Å². The van der Waals surface area contributed by atoms with E-state index in [0.717, 1.165) is 6.42 Å². The molecule has 0 aromatic heterocycles. The highest BCUT2D eigenvalue weighted by Gasteiger charge is 2.50. The van der Waals surface area contributed by atoms with Crippen molar-refractivity contribution in [1.29, 1.82) is 5.26 Å². The smallest absolute Gasteiger partial charge is 0.347 e. The molecule has 1 aliphatic rings. The van der Waals surface area contributed by atoms with Crippen molar-refractivity contribution < 1.29 is 14.2 Å². The van der Waals surface area contributed by atoms with Crippen LogP contribution < -0.4 is 0 Å². The number of hydrogen-bond donors (Lipinski definition) is 1. The maximum absolute atomic E-state index is 11.0. The molecule has 2 atom stereocenters. The van der Waals surface area contributed by atoms with E-state index in [0.29, 0.717) is 25.8 Å².